The van der Waals surface area contributed by atoms with Gasteiger partial charge in [0.15, 0.2) is 0 Å². The molecule has 122 valence electrons. The molecule has 1 saturated heterocycles. The van der Waals surface area contributed by atoms with Gasteiger partial charge in [-0.2, -0.15) is 5.10 Å². The topological polar surface area (TPSA) is 38.9 Å². The predicted octanol–water partition coefficient (Wildman–Crippen LogP) is 3.06. The van der Waals surface area contributed by atoms with Crippen LogP contribution in [0.5, 0.6) is 0 Å². The fourth-order valence-electron chi connectivity index (χ4n) is 3.06. The van der Waals surface area contributed by atoms with Gasteiger partial charge in [-0.25, -0.2) is 4.98 Å². The Balaban J connectivity index is 0.00000176. The Morgan fingerprint density at radius 1 is 1.09 bits per heavy atom. The van der Waals surface area contributed by atoms with Gasteiger partial charge in [-0.15, -0.1) is 12.4 Å². The van der Waals surface area contributed by atoms with E-state index in [-0.39, 0.29) is 12.4 Å². The largest absolute Gasteiger partial charge is 0.330 e. The molecule has 0 aromatic carbocycles. The molecule has 0 spiro atoms. The lowest BCUT2D eigenvalue weighted by Gasteiger charge is -2.26. The maximum atomic E-state index is 4.35. The molecule has 5 nitrogen and oxygen atoms in total. The highest BCUT2D eigenvalue weighted by molar-refractivity contribution is 5.85. The minimum Gasteiger partial charge on any atom is -0.330 e. The van der Waals surface area contributed by atoms with E-state index < -0.39 is 0 Å². The molecule has 0 saturated carbocycles. The van der Waals surface area contributed by atoms with E-state index in [0.717, 1.165) is 18.7 Å². The van der Waals surface area contributed by atoms with Crippen LogP contribution >= 0.6 is 12.4 Å². The summed E-state index contributed by atoms with van der Waals surface area (Å²) in [6, 6.07) is 0. The van der Waals surface area contributed by atoms with E-state index in [0.29, 0.717) is 0 Å². The van der Waals surface area contributed by atoms with E-state index >= 15 is 0 Å². The second kappa shape index (κ2) is 8.34. The molecule has 0 bridgehead atoms. The number of hydrogen-bond donors (Lipinski definition) is 0. The first-order chi connectivity index (χ1) is 10.4. The Morgan fingerprint density at radius 3 is 2.64 bits per heavy atom. The number of nitrogens with zero attached hydrogens (tertiary/aromatic N) is 5. The monoisotopic (exact) mass is 323 g/mol. The van der Waals surface area contributed by atoms with Crippen molar-refractivity contribution in [3.8, 4) is 11.3 Å². The van der Waals surface area contributed by atoms with E-state index in [2.05, 4.69) is 32.7 Å². The van der Waals surface area contributed by atoms with Crippen molar-refractivity contribution in [3.63, 3.8) is 0 Å². The summed E-state index contributed by atoms with van der Waals surface area (Å²) < 4.78 is 4.21. The van der Waals surface area contributed by atoms with E-state index in [1.54, 1.807) is 0 Å². The number of aryl methyl sites for hydroxylation is 2. The SMILES string of the molecule is CCn1cc(-c2cncn2CCCN2CCCCC2)cn1.Cl. The first-order valence-corrected chi connectivity index (χ1v) is 8.12. The summed E-state index contributed by atoms with van der Waals surface area (Å²) in [4.78, 5) is 6.90. The summed E-state index contributed by atoms with van der Waals surface area (Å²) in [6.07, 6.45) is 13.2. The summed E-state index contributed by atoms with van der Waals surface area (Å²) in [5.74, 6) is 0. The highest BCUT2D eigenvalue weighted by Gasteiger charge is 2.11. The molecule has 0 amide bonds. The fourth-order valence-corrected chi connectivity index (χ4v) is 3.06. The van der Waals surface area contributed by atoms with Gasteiger partial charge in [-0.05, 0) is 45.8 Å². The number of halogens is 1. The van der Waals surface area contributed by atoms with Crippen LogP contribution in [0.1, 0.15) is 32.6 Å². The highest BCUT2D eigenvalue weighted by atomic mass is 35.5. The average molecular weight is 324 g/mol. The lowest BCUT2D eigenvalue weighted by atomic mass is 10.1. The Morgan fingerprint density at radius 2 is 1.91 bits per heavy atom. The fraction of sp³-hybridized carbons (Fsp3) is 0.625. The summed E-state index contributed by atoms with van der Waals surface area (Å²) in [5.41, 5.74) is 2.33. The van der Waals surface area contributed by atoms with Crippen molar-refractivity contribution < 1.29 is 0 Å². The van der Waals surface area contributed by atoms with Gasteiger partial charge in [-0.1, -0.05) is 6.42 Å². The second-order valence-corrected chi connectivity index (χ2v) is 5.81. The molecule has 2 aromatic heterocycles. The molecule has 3 rings (SSSR count). The summed E-state index contributed by atoms with van der Waals surface area (Å²) in [5, 5.41) is 4.35. The molecule has 0 atom stereocenters. The lowest BCUT2D eigenvalue weighted by molar-refractivity contribution is 0.223. The number of aromatic nitrogens is 4. The first kappa shape index (κ1) is 17.0. The van der Waals surface area contributed by atoms with Crippen molar-refractivity contribution in [2.45, 2.75) is 45.7 Å². The van der Waals surface area contributed by atoms with Crippen molar-refractivity contribution in [1.82, 2.24) is 24.2 Å². The van der Waals surface area contributed by atoms with Crippen LogP contribution in [0, 0.1) is 0 Å². The first-order valence-electron chi connectivity index (χ1n) is 8.12. The predicted molar refractivity (Wildman–Crippen MR) is 91.3 cm³/mol. The van der Waals surface area contributed by atoms with Crippen LogP contribution in [0.3, 0.4) is 0 Å². The number of imidazole rings is 1. The van der Waals surface area contributed by atoms with E-state index in [1.807, 2.05) is 23.4 Å². The van der Waals surface area contributed by atoms with E-state index in [4.69, 9.17) is 0 Å². The third-order valence-corrected chi connectivity index (χ3v) is 4.29. The van der Waals surface area contributed by atoms with Gasteiger partial charge in [0.2, 0.25) is 0 Å². The minimum absolute atomic E-state index is 0. The zero-order valence-corrected chi connectivity index (χ0v) is 14.1. The maximum Gasteiger partial charge on any atom is 0.0950 e. The molecule has 3 heterocycles. The van der Waals surface area contributed by atoms with Crippen molar-refractivity contribution >= 4 is 12.4 Å². The van der Waals surface area contributed by atoms with Crippen LogP contribution in [0.15, 0.2) is 24.9 Å². The van der Waals surface area contributed by atoms with Crippen molar-refractivity contribution in [2.75, 3.05) is 19.6 Å². The third kappa shape index (κ3) is 4.11. The molecule has 0 aliphatic carbocycles. The molecule has 2 aromatic rings. The van der Waals surface area contributed by atoms with Crippen LogP contribution in [0.4, 0.5) is 0 Å². The molecular weight excluding hydrogens is 298 g/mol. The summed E-state index contributed by atoms with van der Waals surface area (Å²) >= 11 is 0. The summed E-state index contributed by atoms with van der Waals surface area (Å²) in [7, 11) is 0. The minimum atomic E-state index is 0. The number of hydrogen-bond acceptors (Lipinski definition) is 3. The molecule has 1 fully saturated rings. The van der Waals surface area contributed by atoms with Crippen molar-refractivity contribution in [3.05, 3.63) is 24.9 Å². The summed E-state index contributed by atoms with van der Waals surface area (Å²) in [6.45, 7) is 7.80. The van der Waals surface area contributed by atoms with Crippen LogP contribution in [0.2, 0.25) is 0 Å². The molecule has 0 radical (unpaired) electrons. The molecule has 22 heavy (non-hydrogen) atoms. The second-order valence-electron chi connectivity index (χ2n) is 5.81. The van der Waals surface area contributed by atoms with Gasteiger partial charge in [0.25, 0.3) is 0 Å². The van der Waals surface area contributed by atoms with Crippen molar-refractivity contribution in [1.29, 1.82) is 0 Å². The highest BCUT2D eigenvalue weighted by Crippen LogP contribution is 2.18. The van der Waals surface area contributed by atoms with Gasteiger partial charge in [0.05, 0.1) is 24.4 Å². The van der Waals surface area contributed by atoms with Crippen molar-refractivity contribution in [2.24, 2.45) is 0 Å². The zero-order chi connectivity index (χ0) is 14.5. The Bertz CT molecular complexity index is 556. The molecule has 1 aliphatic heterocycles. The number of likely N-dealkylation sites (tertiary alicyclic amines) is 1. The standard InChI is InChI=1S/C16H25N5.ClH/c1-2-21-13-15(11-18-21)16-12-17-14-20(16)10-6-9-19-7-4-3-5-8-19;/h11-14H,2-10H2,1H3;1H. The maximum absolute atomic E-state index is 4.35. The molecular formula is C16H26ClN5. The van der Waals surface area contributed by atoms with Crippen LogP contribution < -0.4 is 0 Å². The number of piperidine rings is 1. The van der Waals surface area contributed by atoms with E-state index in [1.165, 1.54) is 51.0 Å². The Kier molecular flexibility index (Phi) is 6.46. The average Bonchev–Trinajstić information content (AvgIpc) is 3.16. The van der Waals surface area contributed by atoms with Crippen LogP contribution in [-0.4, -0.2) is 43.9 Å². The molecule has 6 heteroatoms. The molecule has 1 aliphatic rings. The smallest absolute Gasteiger partial charge is 0.0950 e. The molecule has 0 N–H and O–H groups in total. The lowest BCUT2D eigenvalue weighted by Crippen LogP contribution is -2.31. The van der Waals surface area contributed by atoms with E-state index in [9.17, 15) is 0 Å². The number of rotatable bonds is 6. The van der Waals surface area contributed by atoms with Gasteiger partial charge in [0, 0.05) is 24.8 Å². The Hall–Kier alpha value is -1.33. The Labute approximate surface area is 138 Å². The zero-order valence-electron chi connectivity index (χ0n) is 13.3. The van der Waals surface area contributed by atoms with Crippen LogP contribution in [-0.2, 0) is 13.1 Å². The van der Waals surface area contributed by atoms with Crippen LogP contribution in [0.25, 0.3) is 11.3 Å². The third-order valence-electron chi connectivity index (χ3n) is 4.29. The van der Waals surface area contributed by atoms with Gasteiger partial charge in [-0.3, -0.25) is 4.68 Å². The normalized spacial score (nSPS) is 15.7. The quantitative estimate of drug-likeness (QED) is 0.820. The van der Waals surface area contributed by atoms with Gasteiger partial charge >= 0.3 is 0 Å². The molecule has 0 unspecified atom stereocenters. The van der Waals surface area contributed by atoms with Gasteiger partial charge < -0.3 is 9.47 Å². The van der Waals surface area contributed by atoms with Gasteiger partial charge in [0.1, 0.15) is 0 Å².